The van der Waals surface area contributed by atoms with Crippen LogP contribution in [0.4, 0.5) is 0 Å². The van der Waals surface area contributed by atoms with Crippen LogP contribution in [0.15, 0.2) is 83.1 Å². The first-order chi connectivity index (χ1) is 10.3. The minimum absolute atomic E-state index is 0.709. The standard InChI is InChI=1S/C20H26O2/c1-16(2)9-6-10-17(3)11-7-12-18(4)13-8-14-19(5)15-20(21)22/h6-15H,1-5H3,(H,21,22)/b10-6+,12-7+,14-8+,17-11+,18-13+,19-15+. The van der Waals surface area contributed by atoms with Crippen LogP contribution < -0.4 is 0 Å². The molecule has 0 saturated carbocycles. The molecule has 0 atom stereocenters. The van der Waals surface area contributed by atoms with Crippen LogP contribution >= 0.6 is 0 Å². The van der Waals surface area contributed by atoms with E-state index in [2.05, 4.69) is 32.9 Å². The summed E-state index contributed by atoms with van der Waals surface area (Å²) >= 11 is 0. The Balaban J connectivity index is 4.58. The van der Waals surface area contributed by atoms with Crippen LogP contribution in [0.3, 0.4) is 0 Å². The van der Waals surface area contributed by atoms with Crippen molar-refractivity contribution in [1.82, 2.24) is 0 Å². The number of aliphatic carboxylic acids is 1. The SMILES string of the molecule is CC(C)=C/C=C/C(C)=C/C=C/C(C)=C/C=C/C(C)=C/C(=O)O. The molecule has 1 N–H and O–H groups in total. The van der Waals surface area contributed by atoms with E-state index >= 15 is 0 Å². The third kappa shape index (κ3) is 12.7. The number of hydrogen-bond acceptors (Lipinski definition) is 1. The first-order valence-corrected chi connectivity index (χ1v) is 7.24. The van der Waals surface area contributed by atoms with Crippen molar-refractivity contribution in [2.45, 2.75) is 34.6 Å². The minimum Gasteiger partial charge on any atom is -0.478 e. The normalized spacial score (nSPS) is 14.3. The molecule has 0 saturated heterocycles. The average Bonchev–Trinajstić information content (AvgIpc) is 2.37. The molecule has 0 rings (SSSR count). The molecule has 0 spiro atoms. The Labute approximate surface area is 134 Å². The van der Waals surface area contributed by atoms with Gasteiger partial charge in [0.25, 0.3) is 0 Å². The van der Waals surface area contributed by atoms with Crippen LogP contribution in [0, 0.1) is 0 Å². The smallest absolute Gasteiger partial charge is 0.328 e. The molecule has 0 aliphatic carbocycles. The van der Waals surface area contributed by atoms with Crippen molar-refractivity contribution in [1.29, 1.82) is 0 Å². The lowest BCUT2D eigenvalue weighted by Gasteiger charge is -1.91. The van der Waals surface area contributed by atoms with Crippen molar-refractivity contribution in [2.75, 3.05) is 0 Å². The molecule has 0 aliphatic rings. The van der Waals surface area contributed by atoms with Gasteiger partial charge in [-0.05, 0) is 40.2 Å². The van der Waals surface area contributed by atoms with E-state index in [0.717, 1.165) is 5.57 Å². The molecule has 0 amide bonds. The fraction of sp³-hybridized carbons (Fsp3) is 0.250. The van der Waals surface area contributed by atoms with Crippen LogP contribution in [0.5, 0.6) is 0 Å². The molecule has 118 valence electrons. The fourth-order valence-electron chi connectivity index (χ4n) is 1.45. The largest absolute Gasteiger partial charge is 0.478 e. The first-order valence-electron chi connectivity index (χ1n) is 7.24. The van der Waals surface area contributed by atoms with Gasteiger partial charge in [-0.25, -0.2) is 4.79 Å². The van der Waals surface area contributed by atoms with Crippen molar-refractivity contribution in [3.63, 3.8) is 0 Å². The maximum atomic E-state index is 10.5. The summed E-state index contributed by atoms with van der Waals surface area (Å²) in [5.74, 6) is -0.926. The number of hydrogen-bond donors (Lipinski definition) is 1. The highest BCUT2D eigenvalue weighted by molar-refractivity contribution is 5.81. The Bertz CT molecular complexity index is 573. The number of carboxylic acids is 1. The first kappa shape index (κ1) is 19.7. The van der Waals surface area contributed by atoms with Gasteiger partial charge in [-0.1, -0.05) is 71.4 Å². The molecule has 22 heavy (non-hydrogen) atoms. The maximum Gasteiger partial charge on any atom is 0.328 e. The minimum atomic E-state index is -0.926. The summed E-state index contributed by atoms with van der Waals surface area (Å²) < 4.78 is 0. The molecule has 0 aliphatic heterocycles. The predicted molar refractivity (Wildman–Crippen MR) is 95.8 cm³/mol. The highest BCUT2D eigenvalue weighted by atomic mass is 16.4. The lowest BCUT2D eigenvalue weighted by atomic mass is 10.2. The molecule has 0 heterocycles. The van der Waals surface area contributed by atoms with Crippen LogP contribution in [-0.4, -0.2) is 11.1 Å². The van der Waals surface area contributed by atoms with E-state index in [1.165, 1.54) is 17.2 Å². The van der Waals surface area contributed by atoms with Crippen LogP contribution in [0.1, 0.15) is 34.6 Å². The van der Waals surface area contributed by atoms with Crippen molar-refractivity contribution in [3.05, 3.63) is 83.1 Å². The zero-order valence-electron chi connectivity index (χ0n) is 14.1. The van der Waals surface area contributed by atoms with Gasteiger partial charge < -0.3 is 5.11 Å². The van der Waals surface area contributed by atoms with Crippen molar-refractivity contribution in [3.8, 4) is 0 Å². The number of allylic oxidation sites excluding steroid dienone is 13. The van der Waals surface area contributed by atoms with E-state index in [-0.39, 0.29) is 0 Å². The summed E-state index contributed by atoms with van der Waals surface area (Å²) in [5.41, 5.74) is 4.26. The Hall–Kier alpha value is -2.35. The number of carbonyl (C=O) groups is 1. The molecule has 2 nitrogen and oxygen atoms in total. The van der Waals surface area contributed by atoms with Gasteiger partial charge in [-0.3, -0.25) is 0 Å². The lowest BCUT2D eigenvalue weighted by Crippen LogP contribution is -1.87. The molecule has 0 aromatic carbocycles. The van der Waals surface area contributed by atoms with Gasteiger partial charge in [0.15, 0.2) is 0 Å². The van der Waals surface area contributed by atoms with Crippen LogP contribution in [0.25, 0.3) is 0 Å². The van der Waals surface area contributed by atoms with Gasteiger partial charge in [-0.2, -0.15) is 0 Å². The Morgan fingerprint density at radius 3 is 1.50 bits per heavy atom. The second kappa shape index (κ2) is 11.3. The summed E-state index contributed by atoms with van der Waals surface area (Å²) in [7, 11) is 0. The van der Waals surface area contributed by atoms with E-state index in [1.54, 1.807) is 13.0 Å². The Kier molecular flexibility index (Phi) is 10.1. The van der Waals surface area contributed by atoms with Crippen molar-refractivity contribution >= 4 is 5.97 Å². The molecular formula is C20H26O2. The molecule has 0 fully saturated rings. The van der Waals surface area contributed by atoms with Gasteiger partial charge in [0.05, 0.1) is 0 Å². The van der Waals surface area contributed by atoms with Crippen molar-refractivity contribution < 1.29 is 9.90 Å². The second-order valence-corrected chi connectivity index (χ2v) is 5.37. The molecule has 0 unspecified atom stereocenters. The predicted octanol–water partition coefficient (Wildman–Crippen LogP) is 5.54. The highest BCUT2D eigenvalue weighted by Gasteiger charge is 1.88. The molecular weight excluding hydrogens is 272 g/mol. The summed E-state index contributed by atoms with van der Waals surface area (Å²) in [6, 6.07) is 0. The summed E-state index contributed by atoms with van der Waals surface area (Å²) in [6.45, 7) is 9.95. The van der Waals surface area contributed by atoms with Gasteiger partial charge >= 0.3 is 5.97 Å². The Morgan fingerprint density at radius 2 is 1.09 bits per heavy atom. The third-order valence-electron chi connectivity index (χ3n) is 2.58. The van der Waals surface area contributed by atoms with E-state index in [4.69, 9.17) is 5.11 Å². The zero-order chi connectivity index (χ0) is 17.0. The van der Waals surface area contributed by atoms with Gasteiger partial charge in [0, 0.05) is 6.08 Å². The fourth-order valence-corrected chi connectivity index (χ4v) is 1.45. The molecule has 0 aromatic rings. The molecule has 0 radical (unpaired) electrons. The topological polar surface area (TPSA) is 37.3 Å². The summed E-state index contributed by atoms with van der Waals surface area (Å²) in [5, 5.41) is 8.60. The average molecular weight is 298 g/mol. The zero-order valence-corrected chi connectivity index (χ0v) is 14.1. The number of carboxylic acid groups (broad SMARTS) is 1. The van der Waals surface area contributed by atoms with Gasteiger partial charge in [-0.15, -0.1) is 0 Å². The van der Waals surface area contributed by atoms with E-state index in [1.807, 2.05) is 43.4 Å². The van der Waals surface area contributed by atoms with E-state index in [0.29, 0.717) is 5.57 Å². The van der Waals surface area contributed by atoms with Gasteiger partial charge in [0.1, 0.15) is 0 Å². The molecule has 0 bridgehead atoms. The highest BCUT2D eigenvalue weighted by Crippen LogP contribution is 2.02. The van der Waals surface area contributed by atoms with E-state index < -0.39 is 5.97 Å². The quantitative estimate of drug-likeness (QED) is 0.494. The second-order valence-electron chi connectivity index (χ2n) is 5.37. The Morgan fingerprint density at radius 1 is 0.682 bits per heavy atom. The van der Waals surface area contributed by atoms with Crippen LogP contribution in [-0.2, 0) is 4.79 Å². The summed E-state index contributed by atoms with van der Waals surface area (Å²) in [6.07, 6.45) is 19.0. The summed E-state index contributed by atoms with van der Waals surface area (Å²) in [4.78, 5) is 10.5. The van der Waals surface area contributed by atoms with E-state index in [9.17, 15) is 4.79 Å². The lowest BCUT2D eigenvalue weighted by molar-refractivity contribution is -0.131. The van der Waals surface area contributed by atoms with Crippen molar-refractivity contribution in [2.24, 2.45) is 0 Å². The van der Waals surface area contributed by atoms with Crippen LogP contribution in [0.2, 0.25) is 0 Å². The monoisotopic (exact) mass is 298 g/mol. The third-order valence-corrected chi connectivity index (χ3v) is 2.58. The molecule has 0 aromatic heterocycles. The molecule has 2 heteroatoms. The number of rotatable bonds is 7. The van der Waals surface area contributed by atoms with Gasteiger partial charge in [0.2, 0.25) is 0 Å². The maximum absolute atomic E-state index is 10.5.